The monoisotopic (exact) mass is 342 g/mol. The fourth-order valence-electron chi connectivity index (χ4n) is 1.66. The number of carboxylic acid groups (broad SMARTS) is 1. The molecule has 1 aromatic carbocycles. The van der Waals surface area contributed by atoms with Gasteiger partial charge in [0.05, 0.1) is 5.69 Å². The van der Waals surface area contributed by atoms with E-state index < -0.39 is 17.5 Å². The van der Waals surface area contributed by atoms with Crippen molar-refractivity contribution in [3.05, 3.63) is 27.7 Å². The van der Waals surface area contributed by atoms with Gasteiger partial charge in [0.15, 0.2) is 0 Å². The van der Waals surface area contributed by atoms with Crippen molar-refractivity contribution in [3.63, 3.8) is 0 Å². The molecule has 0 saturated heterocycles. The van der Waals surface area contributed by atoms with E-state index in [-0.39, 0.29) is 0 Å². The highest BCUT2D eigenvalue weighted by molar-refractivity contribution is 9.10. The molecule has 6 heteroatoms. The van der Waals surface area contributed by atoms with Crippen molar-refractivity contribution in [1.82, 2.24) is 4.90 Å². The number of amides is 2. The van der Waals surface area contributed by atoms with Gasteiger partial charge in [-0.1, -0.05) is 6.07 Å². The number of rotatable bonds is 3. The summed E-state index contributed by atoms with van der Waals surface area (Å²) >= 11 is 3.41. The second-order valence-electron chi connectivity index (χ2n) is 5.29. The van der Waals surface area contributed by atoms with Crippen LogP contribution >= 0.6 is 15.9 Å². The molecular formula is C14H19BrN2O3. The first-order valence-electron chi connectivity index (χ1n) is 6.12. The standard InChI is InChI=1S/C14H19BrN2O3/c1-8-6-9(2)11(10(15)7-8)16-13(20)17(5)14(3,4)12(18)19/h6-7H,1-5H3,(H,16,20)(H,18,19). The summed E-state index contributed by atoms with van der Waals surface area (Å²) in [5.41, 5.74) is 1.35. The van der Waals surface area contributed by atoms with E-state index in [2.05, 4.69) is 21.2 Å². The molecule has 0 fully saturated rings. The van der Waals surface area contributed by atoms with E-state index in [0.29, 0.717) is 5.69 Å². The number of carbonyl (C=O) groups excluding carboxylic acids is 1. The van der Waals surface area contributed by atoms with Crippen molar-refractivity contribution >= 4 is 33.6 Å². The third-order valence-corrected chi connectivity index (χ3v) is 3.96. The van der Waals surface area contributed by atoms with E-state index in [4.69, 9.17) is 5.11 Å². The molecule has 5 nitrogen and oxygen atoms in total. The first-order chi connectivity index (χ1) is 9.07. The Morgan fingerprint density at radius 1 is 1.30 bits per heavy atom. The number of benzene rings is 1. The molecule has 20 heavy (non-hydrogen) atoms. The summed E-state index contributed by atoms with van der Waals surface area (Å²) in [4.78, 5) is 24.5. The average molecular weight is 343 g/mol. The van der Waals surface area contributed by atoms with Crippen LogP contribution in [0.5, 0.6) is 0 Å². The van der Waals surface area contributed by atoms with Gasteiger partial charge >= 0.3 is 12.0 Å². The van der Waals surface area contributed by atoms with Crippen LogP contribution in [0, 0.1) is 13.8 Å². The zero-order chi connectivity index (χ0) is 15.7. The van der Waals surface area contributed by atoms with Crippen molar-refractivity contribution in [2.75, 3.05) is 12.4 Å². The maximum atomic E-state index is 12.2. The lowest BCUT2D eigenvalue weighted by Gasteiger charge is -2.31. The predicted octanol–water partition coefficient (Wildman–Crippen LogP) is 3.39. The van der Waals surface area contributed by atoms with Crippen LogP contribution in [0.25, 0.3) is 0 Å². The summed E-state index contributed by atoms with van der Waals surface area (Å²) in [5, 5.41) is 11.9. The highest BCUT2D eigenvalue weighted by Crippen LogP contribution is 2.28. The molecule has 0 unspecified atom stereocenters. The molecule has 0 bridgehead atoms. The summed E-state index contributed by atoms with van der Waals surface area (Å²) in [5.74, 6) is -1.06. The summed E-state index contributed by atoms with van der Waals surface area (Å²) in [6, 6.07) is 3.37. The predicted molar refractivity (Wildman–Crippen MR) is 82.1 cm³/mol. The normalized spacial score (nSPS) is 11.1. The molecule has 2 amide bonds. The van der Waals surface area contributed by atoms with E-state index in [9.17, 15) is 9.59 Å². The smallest absolute Gasteiger partial charge is 0.329 e. The van der Waals surface area contributed by atoms with Crippen LogP contribution in [0.4, 0.5) is 10.5 Å². The molecule has 0 atom stereocenters. The van der Waals surface area contributed by atoms with Gasteiger partial charge < -0.3 is 15.3 Å². The Kier molecular flexibility index (Phi) is 4.81. The number of aliphatic carboxylic acids is 1. The molecule has 1 rings (SSSR count). The zero-order valence-electron chi connectivity index (χ0n) is 12.2. The van der Waals surface area contributed by atoms with Crippen LogP contribution in [0.1, 0.15) is 25.0 Å². The number of nitrogens with one attached hydrogen (secondary N) is 1. The molecule has 0 aliphatic heterocycles. The first-order valence-corrected chi connectivity index (χ1v) is 6.91. The van der Waals surface area contributed by atoms with Crippen molar-refractivity contribution in [2.45, 2.75) is 33.2 Å². The maximum Gasteiger partial charge on any atom is 0.329 e. The average Bonchev–Trinajstić information content (AvgIpc) is 2.32. The topological polar surface area (TPSA) is 69.6 Å². The van der Waals surface area contributed by atoms with E-state index in [0.717, 1.165) is 15.6 Å². The Labute approximate surface area is 127 Å². The molecule has 0 radical (unpaired) electrons. The van der Waals surface area contributed by atoms with Crippen LogP contribution < -0.4 is 5.32 Å². The second-order valence-corrected chi connectivity index (χ2v) is 6.15. The third-order valence-electron chi connectivity index (χ3n) is 3.33. The van der Waals surface area contributed by atoms with Crippen LogP contribution in [0.2, 0.25) is 0 Å². The van der Waals surface area contributed by atoms with Gasteiger partial charge in [0.1, 0.15) is 5.54 Å². The molecule has 2 N–H and O–H groups in total. The van der Waals surface area contributed by atoms with Gasteiger partial charge in [0.25, 0.3) is 0 Å². The second kappa shape index (κ2) is 5.83. The summed E-state index contributed by atoms with van der Waals surface area (Å²) in [6.45, 7) is 6.80. The number of carbonyl (C=O) groups is 2. The van der Waals surface area contributed by atoms with Gasteiger partial charge in [0, 0.05) is 11.5 Å². The number of halogens is 1. The molecule has 0 saturated carbocycles. The fraction of sp³-hybridized carbons (Fsp3) is 0.429. The minimum absolute atomic E-state index is 0.468. The van der Waals surface area contributed by atoms with E-state index in [1.807, 2.05) is 26.0 Å². The minimum atomic E-state index is -1.28. The number of carboxylic acids is 1. The van der Waals surface area contributed by atoms with Crippen LogP contribution in [-0.4, -0.2) is 34.6 Å². The number of likely N-dealkylation sites (N-methyl/N-ethyl adjacent to an activating group) is 1. The van der Waals surface area contributed by atoms with Gasteiger partial charge in [0.2, 0.25) is 0 Å². The zero-order valence-corrected chi connectivity index (χ0v) is 13.8. The molecule has 110 valence electrons. The van der Waals surface area contributed by atoms with Crippen LogP contribution in [0.15, 0.2) is 16.6 Å². The Bertz CT molecular complexity index is 532. The SMILES string of the molecule is Cc1cc(C)c(NC(=O)N(C)C(C)(C)C(=O)O)c(Br)c1. The van der Waals surface area contributed by atoms with Gasteiger partial charge in [-0.2, -0.15) is 0 Å². The van der Waals surface area contributed by atoms with Crippen LogP contribution in [0.3, 0.4) is 0 Å². The maximum absolute atomic E-state index is 12.2. The lowest BCUT2D eigenvalue weighted by Crippen LogP contribution is -2.52. The number of urea groups is 1. The minimum Gasteiger partial charge on any atom is -0.480 e. The Balaban J connectivity index is 3.00. The molecule has 1 aromatic rings. The van der Waals surface area contributed by atoms with Gasteiger partial charge in [-0.05, 0) is 60.8 Å². The van der Waals surface area contributed by atoms with Crippen molar-refractivity contribution in [2.24, 2.45) is 0 Å². The fourth-order valence-corrected chi connectivity index (χ4v) is 2.44. The summed E-state index contributed by atoms with van der Waals surface area (Å²) in [7, 11) is 1.46. The Morgan fingerprint density at radius 2 is 1.85 bits per heavy atom. The quantitative estimate of drug-likeness (QED) is 0.884. The first kappa shape index (κ1) is 16.5. The number of nitrogens with zero attached hydrogens (tertiary/aromatic N) is 1. The molecule has 0 spiro atoms. The third kappa shape index (κ3) is 3.30. The number of aryl methyl sites for hydroxylation is 2. The van der Waals surface area contributed by atoms with Crippen molar-refractivity contribution in [3.8, 4) is 0 Å². The summed E-state index contributed by atoms with van der Waals surface area (Å²) < 4.78 is 0.768. The molecular weight excluding hydrogens is 324 g/mol. The summed E-state index contributed by atoms with van der Waals surface area (Å²) in [6.07, 6.45) is 0. The number of anilines is 1. The Morgan fingerprint density at radius 3 is 2.30 bits per heavy atom. The highest BCUT2D eigenvalue weighted by Gasteiger charge is 2.35. The number of hydrogen-bond donors (Lipinski definition) is 2. The van der Waals surface area contributed by atoms with E-state index in [1.165, 1.54) is 25.8 Å². The molecule has 0 aliphatic rings. The van der Waals surface area contributed by atoms with Gasteiger partial charge in [-0.3, -0.25) is 0 Å². The highest BCUT2D eigenvalue weighted by atomic mass is 79.9. The Hall–Kier alpha value is -1.56. The lowest BCUT2D eigenvalue weighted by molar-refractivity contribution is -0.146. The van der Waals surface area contributed by atoms with E-state index >= 15 is 0 Å². The molecule has 0 aromatic heterocycles. The lowest BCUT2D eigenvalue weighted by atomic mass is 10.0. The number of hydrogen-bond acceptors (Lipinski definition) is 2. The molecule has 0 heterocycles. The van der Waals surface area contributed by atoms with Gasteiger partial charge in [-0.15, -0.1) is 0 Å². The van der Waals surface area contributed by atoms with Gasteiger partial charge in [-0.25, -0.2) is 9.59 Å². The van der Waals surface area contributed by atoms with E-state index in [1.54, 1.807) is 0 Å². The largest absolute Gasteiger partial charge is 0.480 e. The van der Waals surface area contributed by atoms with Crippen molar-refractivity contribution in [1.29, 1.82) is 0 Å². The molecule has 0 aliphatic carbocycles. The van der Waals surface area contributed by atoms with Crippen molar-refractivity contribution < 1.29 is 14.7 Å². The van der Waals surface area contributed by atoms with Crippen LogP contribution in [-0.2, 0) is 4.79 Å².